The van der Waals surface area contributed by atoms with Crippen LogP contribution in [0.4, 0.5) is 0 Å². The second-order valence-electron chi connectivity index (χ2n) is 4.29. The number of benzene rings is 1. The molecule has 0 unspecified atom stereocenters. The van der Waals surface area contributed by atoms with E-state index in [4.69, 9.17) is 4.74 Å². The Morgan fingerprint density at radius 3 is 2.75 bits per heavy atom. The predicted octanol–water partition coefficient (Wildman–Crippen LogP) is -0.212. The Kier molecular flexibility index (Phi) is 4.94. The largest absolute Gasteiger partial charge is 0.383 e. The summed E-state index contributed by atoms with van der Waals surface area (Å²) in [5.41, 5.74) is 0. The second-order valence-corrected chi connectivity index (χ2v) is 5.97. The molecule has 1 aromatic carbocycles. The molecule has 0 radical (unpaired) electrons. The molecule has 1 aliphatic heterocycles. The van der Waals surface area contributed by atoms with E-state index in [9.17, 15) is 8.42 Å². The van der Waals surface area contributed by atoms with Gasteiger partial charge in [0.2, 0.25) is 5.96 Å². The van der Waals surface area contributed by atoms with Crippen molar-refractivity contribution in [1.82, 2.24) is 14.9 Å². The molecule has 0 aliphatic carbocycles. The van der Waals surface area contributed by atoms with E-state index in [1.807, 2.05) is 4.90 Å². The van der Waals surface area contributed by atoms with Gasteiger partial charge in [-0.15, -0.1) is 0 Å². The molecule has 2 rings (SSSR count). The van der Waals surface area contributed by atoms with Crippen LogP contribution in [0.25, 0.3) is 0 Å². The maximum atomic E-state index is 12.1. The lowest BCUT2D eigenvalue weighted by atomic mass is 10.4. The molecule has 0 aromatic heterocycles. The smallest absolute Gasteiger partial charge is 0.264 e. The minimum absolute atomic E-state index is 0.214. The summed E-state index contributed by atoms with van der Waals surface area (Å²) in [4.78, 5) is 6.38. The van der Waals surface area contributed by atoms with E-state index >= 15 is 0 Å². The van der Waals surface area contributed by atoms with Gasteiger partial charge in [0, 0.05) is 13.7 Å². The number of hydrogen-bond donors (Lipinski definition) is 2. The summed E-state index contributed by atoms with van der Waals surface area (Å²) >= 11 is 0. The van der Waals surface area contributed by atoms with Gasteiger partial charge in [0.1, 0.15) is 0 Å². The van der Waals surface area contributed by atoms with E-state index in [1.54, 1.807) is 25.3 Å². The number of nitrogens with one attached hydrogen (secondary N) is 2. The lowest BCUT2D eigenvalue weighted by Gasteiger charge is -2.26. The first-order chi connectivity index (χ1) is 9.62. The molecule has 0 saturated carbocycles. The van der Waals surface area contributed by atoms with Gasteiger partial charge in [0.15, 0.2) is 0 Å². The first-order valence-corrected chi connectivity index (χ1v) is 7.67. The molecule has 0 spiro atoms. The number of guanidine groups is 1. The van der Waals surface area contributed by atoms with Gasteiger partial charge >= 0.3 is 0 Å². The predicted molar refractivity (Wildman–Crippen MR) is 75.7 cm³/mol. The first kappa shape index (κ1) is 14.8. The molecule has 0 atom stereocenters. The van der Waals surface area contributed by atoms with Crippen molar-refractivity contribution in [3.05, 3.63) is 30.3 Å². The molecular weight excluding hydrogens is 280 g/mol. The van der Waals surface area contributed by atoms with Crippen LogP contribution in [0.15, 0.2) is 40.2 Å². The highest BCUT2D eigenvalue weighted by molar-refractivity contribution is 7.90. The highest BCUT2D eigenvalue weighted by Crippen LogP contribution is 2.07. The van der Waals surface area contributed by atoms with Crippen molar-refractivity contribution in [3.63, 3.8) is 0 Å². The van der Waals surface area contributed by atoms with Gasteiger partial charge in [-0.25, -0.2) is 18.1 Å². The maximum absolute atomic E-state index is 12.1. The van der Waals surface area contributed by atoms with Gasteiger partial charge < -0.3 is 10.1 Å². The van der Waals surface area contributed by atoms with E-state index in [1.165, 1.54) is 12.1 Å². The zero-order valence-electron chi connectivity index (χ0n) is 11.2. The molecule has 7 nitrogen and oxygen atoms in total. The number of ether oxygens (including phenoxy) is 1. The number of hydrogen-bond acceptors (Lipinski definition) is 6. The molecule has 8 heteroatoms. The van der Waals surface area contributed by atoms with Gasteiger partial charge in [0.05, 0.1) is 24.8 Å². The molecule has 0 fully saturated rings. The minimum Gasteiger partial charge on any atom is -0.383 e. The number of rotatable bonds is 5. The third-order valence-electron chi connectivity index (χ3n) is 2.80. The Morgan fingerprint density at radius 1 is 1.40 bits per heavy atom. The van der Waals surface area contributed by atoms with Crippen LogP contribution in [0.2, 0.25) is 0 Å². The van der Waals surface area contributed by atoms with Gasteiger partial charge in [-0.1, -0.05) is 18.2 Å². The van der Waals surface area contributed by atoms with Crippen LogP contribution < -0.4 is 10.0 Å². The summed E-state index contributed by atoms with van der Waals surface area (Å²) in [5.74, 6) is 0.266. The Labute approximate surface area is 118 Å². The molecule has 0 amide bonds. The summed E-state index contributed by atoms with van der Waals surface area (Å²) in [7, 11) is -1.94. The summed E-state index contributed by atoms with van der Waals surface area (Å²) in [6, 6.07) is 8.20. The zero-order chi connectivity index (χ0) is 14.4. The van der Waals surface area contributed by atoms with Gasteiger partial charge in [-0.05, 0) is 12.1 Å². The number of nitrogens with zero attached hydrogens (tertiary/aromatic N) is 2. The minimum atomic E-state index is -3.58. The van der Waals surface area contributed by atoms with Crippen molar-refractivity contribution in [2.24, 2.45) is 4.99 Å². The van der Waals surface area contributed by atoms with Crippen molar-refractivity contribution in [2.45, 2.75) is 4.90 Å². The van der Waals surface area contributed by atoms with E-state index in [0.717, 1.165) is 6.54 Å². The number of aliphatic imine (C=N–C) groups is 1. The molecule has 0 bridgehead atoms. The molecule has 1 aliphatic rings. The Morgan fingerprint density at radius 2 is 2.15 bits per heavy atom. The Hall–Kier alpha value is -1.64. The van der Waals surface area contributed by atoms with Crippen LogP contribution in [0.3, 0.4) is 0 Å². The summed E-state index contributed by atoms with van der Waals surface area (Å²) in [6.07, 6.45) is 0. The normalized spacial score (nSPS) is 16.4. The second kappa shape index (κ2) is 6.69. The van der Waals surface area contributed by atoms with Crippen molar-refractivity contribution >= 4 is 16.0 Å². The van der Waals surface area contributed by atoms with E-state index in [0.29, 0.717) is 19.9 Å². The van der Waals surface area contributed by atoms with Crippen LogP contribution in [0.1, 0.15) is 0 Å². The van der Waals surface area contributed by atoms with Crippen molar-refractivity contribution < 1.29 is 13.2 Å². The van der Waals surface area contributed by atoms with Gasteiger partial charge in [-0.2, -0.15) is 0 Å². The third kappa shape index (κ3) is 3.92. The molecule has 1 aromatic rings. The third-order valence-corrected chi connectivity index (χ3v) is 4.15. The fourth-order valence-electron chi connectivity index (χ4n) is 1.69. The van der Waals surface area contributed by atoms with Crippen LogP contribution in [0.5, 0.6) is 0 Å². The molecule has 2 N–H and O–H groups in total. The van der Waals surface area contributed by atoms with E-state index in [-0.39, 0.29) is 10.9 Å². The van der Waals surface area contributed by atoms with Crippen LogP contribution in [-0.4, -0.2) is 52.9 Å². The molecule has 20 heavy (non-hydrogen) atoms. The highest BCUT2D eigenvalue weighted by atomic mass is 32.2. The molecule has 110 valence electrons. The van der Waals surface area contributed by atoms with E-state index in [2.05, 4.69) is 15.0 Å². The molecule has 0 saturated heterocycles. The maximum Gasteiger partial charge on any atom is 0.264 e. The van der Waals surface area contributed by atoms with Crippen molar-refractivity contribution in [1.29, 1.82) is 0 Å². The van der Waals surface area contributed by atoms with Crippen LogP contribution in [-0.2, 0) is 14.8 Å². The summed E-state index contributed by atoms with van der Waals surface area (Å²) in [6.45, 7) is 2.32. The quantitative estimate of drug-likeness (QED) is 0.786. The molecular formula is C12H18N4O3S. The van der Waals surface area contributed by atoms with Crippen LogP contribution >= 0.6 is 0 Å². The first-order valence-electron chi connectivity index (χ1n) is 6.19. The van der Waals surface area contributed by atoms with Gasteiger partial charge in [0.25, 0.3) is 10.0 Å². The topological polar surface area (TPSA) is 83.0 Å². The van der Waals surface area contributed by atoms with Crippen molar-refractivity contribution in [2.75, 3.05) is 33.6 Å². The number of sulfonamides is 1. The Bertz CT molecular complexity index is 559. The fraction of sp³-hybridized carbons (Fsp3) is 0.417. The molecule has 1 heterocycles. The average molecular weight is 298 g/mol. The lowest BCUT2D eigenvalue weighted by molar-refractivity contribution is 0.144. The van der Waals surface area contributed by atoms with Crippen molar-refractivity contribution in [3.8, 4) is 0 Å². The number of methoxy groups -OCH3 is 1. The monoisotopic (exact) mass is 298 g/mol. The highest BCUT2D eigenvalue weighted by Gasteiger charge is 2.18. The zero-order valence-corrected chi connectivity index (χ0v) is 12.1. The van der Waals surface area contributed by atoms with E-state index < -0.39 is 10.0 Å². The lowest BCUT2D eigenvalue weighted by Crippen LogP contribution is -2.50. The summed E-state index contributed by atoms with van der Waals surface area (Å²) in [5, 5.41) is 2.93. The van der Waals surface area contributed by atoms with Crippen LogP contribution in [0, 0.1) is 0 Å². The standard InChI is InChI=1S/C12H18N4O3S/c1-19-8-7-16-9-13-12(14-10-16)15-20(17,18)11-5-3-2-4-6-11/h2-6H,7-10H2,1H3,(H2,13,14,15). The van der Waals surface area contributed by atoms with Gasteiger partial charge in [-0.3, -0.25) is 4.90 Å². The average Bonchev–Trinajstić information content (AvgIpc) is 2.47. The summed E-state index contributed by atoms with van der Waals surface area (Å²) < 4.78 is 31.6. The SMILES string of the molecule is COCCN1CN=C(NS(=O)(=O)c2ccccc2)NC1. The fourth-order valence-corrected chi connectivity index (χ4v) is 2.71. The Balaban J connectivity index is 1.96.